The fraction of sp³-hybridized carbons (Fsp3) is 0.0870. The minimum atomic E-state index is -0.602. The van der Waals surface area contributed by atoms with Gasteiger partial charge in [0, 0.05) is 10.6 Å². The SMILES string of the molecule is COc1ccc(C(=O)NN=Cc2ccc(OC(=O)c3ccc(Cl)cc3Cl)cc2)cc1OC. The van der Waals surface area contributed by atoms with Crippen LogP contribution >= 0.6 is 23.2 Å². The molecule has 0 unspecified atom stereocenters. The van der Waals surface area contributed by atoms with Crippen LogP contribution in [0, 0.1) is 0 Å². The molecule has 0 saturated carbocycles. The molecule has 3 rings (SSSR count). The number of hydrogen-bond donors (Lipinski definition) is 1. The van der Waals surface area contributed by atoms with Crippen LogP contribution in [0.15, 0.2) is 65.8 Å². The Labute approximate surface area is 194 Å². The minimum Gasteiger partial charge on any atom is -0.493 e. The van der Waals surface area contributed by atoms with Gasteiger partial charge in [0.2, 0.25) is 0 Å². The van der Waals surface area contributed by atoms with Crippen LogP contribution in [0.5, 0.6) is 17.2 Å². The Morgan fingerprint density at radius 1 is 0.906 bits per heavy atom. The smallest absolute Gasteiger partial charge is 0.345 e. The molecule has 0 atom stereocenters. The summed E-state index contributed by atoms with van der Waals surface area (Å²) in [7, 11) is 3.00. The van der Waals surface area contributed by atoms with Gasteiger partial charge in [-0.2, -0.15) is 5.10 Å². The summed E-state index contributed by atoms with van der Waals surface area (Å²) >= 11 is 11.9. The monoisotopic (exact) mass is 472 g/mol. The Morgan fingerprint density at radius 2 is 1.62 bits per heavy atom. The Kier molecular flexibility index (Phi) is 7.70. The van der Waals surface area contributed by atoms with Crippen LogP contribution in [-0.2, 0) is 0 Å². The highest BCUT2D eigenvalue weighted by Crippen LogP contribution is 2.27. The lowest BCUT2D eigenvalue weighted by Crippen LogP contribution is -2.17. The molecule has 3 aromatic rings. The Hall–Kier alpha value is -3.55. The summed E-state index contributed by atoms with van der Waals surface area (Å²) in [6, 6.07) is 15.9. The number of nitrogens with zero attached hydrogens (tertiary/aromatic N) is 1. The Morgan fingerprint density at radius 3 is 2.28 bits per heavy atom. The van der Waals surface area contributed by atoms with Gasteiger partial charge in [0.05, 0.1) is 31.0 Å². The van der Waals surface area contributed by atoms with E-state index in [0.29, 0.717) is 33.4 Å². The van der Waals surface area contributed by atoms with E-state index in [-0.39, 0.29) is 10.6 Å². The fourth-order valence-electron chi connectivity index (χ4n) is 2.65. The molecule has 0 bridgehead atoms. The number of carbonyl (C=O) groups excluding carboxylic acids is 2. The first kappa shape index (κ1) is 23.1. The molecule has 0 aliphatic heterocycles. The van der Waals surface area contributed by atoms with E-state index in [1.807, 2.05) is 0 Å². The number of nitrogens with one attached hydrogen (secondary N) is 1. The summed E-state index contributed by atoms with van der Waals surface area (Å²) in [4.78, 5) is 24.5. The van der Waals surface area contributed by atoms with Crippen molar-refractivity contribution in [3.05, 3.63) is 87.4 Å². The molecule has 1 amide bonds. The highest BCUT2D eigenvalue weighted by atomic mass is 35.5. The van der Waals surface area contributed by atoms with Crippen LogP contribution < -0.4 is 19.6 Å². The summed E-state index contributed by atoms with van der Waals surface area (Å²) < 4.78 is 15.7. The number of hydrogen-bond acceptors (Lipinski definition) is 6. The molecule has 32 heavy (non-hydrogen) atoms. The molecular formula is C23H18Cl2N2O5. The van der Waals surface area contributed by atoms with E-state index >= 15 is 0 Å². The lowest BCUT2D eigenvalue weighted by Gasteiger charge is -2.08. The van der Waals surface area contributed by atoms with Gasteiger partial charge in [-0.25, -0.2) is 10.2 Å². The normalized spacial score (nSPS) is 10.6. The third-order valence-electron chi connectivity index (χ3n) is 4.27. The Bertz CT molecular complexity index is 1160. The average Bonchev–Trinajstić information content (AvgIpc) is 2.79. The second-order valence-electron chi connectivity index (χ2n) is 6.35. The van der Waals surface area contributed by atoms with Gasteiger partial charge in [0.25, 0.3) is 5.91 Å². The number of carbonyl (C=O) groups is 2. The molecule has 0 aliphatic carbocycles. The topological polar surface area (TPSA) is 86.2 Å². The van der Waals surface area contributed by atoms with Crippen LogP contribution in [-0.4, -0.2) is 32.3 Å². The quantitative estimate of drug-likeness (QED) is 0.226. The number of esters is 1. The van der Waals surface area contributed by atoms with Crippen LogP contribution in [0.25, 0.3) is 0 Å². The Balaban J connectivity index is 1.59. The maximum atomic E-state index is 12.3. The van der Waals surface area contributed by atoms with Gasteiger partial charge in [-0.15, -0.1) is 0 Å². The van der Waals surface area contributed by atoms with E-state index in [0.717, 1.165) is 0 Å². The van der Waals surface area contributed by atoms with Crippen molar-refractivity contribution in [2.75, 3.05) is 14.2 Å². The van der Waals surface area contributed by atoms with E-state index in [2.05, 4.69) is 10.5 Å². The van der Waals surface area contributed by atoms with Crippen LogP contribution in [0.2, 0.25) is 10.0 Å². The molecule has 0 spiro atoms. The number of benzene rings is 3. The zero-order valence-electron chi connectivity index (χ0n) is 17.1. The van der Waals surface area contributed by atoms with Crippen molar-refractivity contribution in [3.8, 4) is 17.2 Å². The molecule has 0 fully saturated rings. The maximum Gasteiger partial charge on any atom is 0.345 e. The third-order valence-corrected chi connectivity index (χ3v) is 4.81. The summed E-state index contributed by atoms with van der Waals surface area (Å²) in [6.45, 7) is 0. The minimum absolute atomic E-state index is 0.205. The summed E-state index contributed by atoms with van der Waals surface area (Å²) in [5.41, 5.74) is 3.69. The van der Waals surface area contributed by atoms with Gasteiger partial charge >= 0.3 is 5.97 Å². The number of halogens is 2. The van der Waals surface area contributed by atoms with Gasteiger partial charge in [-0.05, 0) is 66.2 Å². The lowest BCUT2D eigenvalue weighted by atomic mass is 10.2. The van der Waals surface area contributed by atoms with Crippen molar-refractivity contribution in [3.63, 3.8) is 0 Å². The predicted octanol–water partition coefficient (Wildman–Crippen LogP) is 4.99. The van der Waals surface area contributed by atoms with E-state index < -0.39 is 11.9 Å². The van der Waals surface area contributed by atoms with Crippen molar-refractivity contribution < 1.29 is 23.8 Å². The molecule has 3 aromatic carbocycles. The lowest BCUT2D eigenvalue weighted by molar-refractivity contribution is 0.0734. The largest absolute Gasteiger partial charge is 0.493 e. The third kappa shape index (κ3) is 5.78. The molecule has 0 aromatic heterocycles. The second-order valence-corrected chi connectivity index (χ2v) is 7.20. The van der Waals surface area contributed by atoms with Crippen LogP contribution in [0.1, 0.15) is 26.3 Å². The highest BCUT2D eigenvalue weighted by Gasteiger charge is 2.13. The molecule has 0 saturated heterocycles. The van der Waals surface area contributed by atoms with Crippen LogP contribution in [0.3, 0.4) is 0 Å². The van der Waals surface area contributed by atoms with Crippen molar-refractivity contribution in [2.45, 2.75) is 0 Å². The molecule has 164 valence electrons. The number of hydrazone groups is 1. The first-order chi connectivity index (χ1) is 15.4. The molecule has 9 heteroatoms. The first-order valence-corrected chi connectivity index (χ1v) is 9.99. The van der Waals surface area contributed by atoms with E-state index in [1.54, 1.807) is 48.5 Å². The fourth-order valence-corrected chi connectivity index (χ4v) is 3.13. The van der Waals surface area contributed by atoms with E-state index in [9.17, 15) is 9.59 Å². The van der Waals surface area contributed by atoms with Crippen molar-refractivity contribution in [1.82, 2.24) is 5.43 Å². The summed E-state index contributed by atoms with van der Waals surface area (Å²) in [5.74, 6) is 0.274. The molecule has 1 N–H and O–H groups in total. The number of amides is 1. The molecule has 7 nitrogen and oxygen atoms in total. The van der Waals surface area contributed by atoms with Gasteiger partial charge in [-0.1, -0.05) is 23.2 Å². The predicted molar refractivity (Wildman–Crippen MR) is 122 cm³/mol. The summed E-state index contributed by atoms with van der Waals surface area (Å²) in [6.07, 6.45) is 1.46. The standard InChI is InChI=1S/C23H18Cl2N2O5/c1-30-20-10-5-15(11-21(20)31-2)22(28)27-26-13-14-3-7-17(8-4-14)32-23(29)18-9-6-16(24)12-19(18)25/h3-13H,1-2H3,(H,27,28). The first-order valence-electron chi connectivity index (χ1n) is 9.24. The summed E-state index contributed by atoms with van der Waals surface area (Å²) in [5, 5.41) is 4.57. The number of methoxy groups -OCH3 is 2. The van der Waals surface area contributed by atoms with Gasteiger partial charge in [-0.3, -0.25) is 4.79 Å². The van der Waals surface area contributed by atoms with Crippen molar-refractivity contribution >= 4 is 41.3 Å². The molecule has 0 heterocycles. The van der Waals surface area contributed by atoms with Gasteiger partial charge in [0.15, 0.2) is 11.5 Å². The van der Waals surface area contributed by atoms with Crippen molar-refractivity contribution in [1.29, 1.82) is 0 Å². The zero-order chi connectivity index (χ0) is 23.1. The van der Waals surface area contributed by atoms with Gasteiger partial charge < -0.3 is 14.2 Å². The number of ether oxygens (including phenoxy) is 3. The van der Waals surface area contributed by atoms with Crippen LogP contribution in [0.4, 0.5) is 0 Å². The average molecular weight is 473 g/mol. The second kappa shape index (κ2) is 10.7. The maximum absolute atomic E-state index is 12.3. The van der Waals surface area contributed by atoms with Crippen molar-refractivity contribution in [2.24, 2.45) is 5.10 Å². The van der Waals surface area contributed by atoms with Gasteiger partial charge in [0.1, 0.15) is 5.75 Å². The van der Waals surface area contributed by atoms with E-state index in [4.69, 9.17) is 37.4 Å². The zero-order valence-corrected chi connectivity index (χ0v) is 18.6. The number of rotatable bonds is 7. The molecule has 0 radical (unpaired) electrons. The van der Waals surface area contributed by atoms with E-state index in [1.165, 1.54) is 32.6 Å². The molecule has 0 aliphatic rings. The highest BCUT2D eigenvalue weighted by molar-refractivity contribution is 6.36. The molecular weight excluding hydrogens is 455 g/mol.